The Morgan fingerprint density at radius 2 is 1.94 bits per heavy atom. The molecule has 5 nitrogen and oxygen atoms in total. The molecule has 0 aromatic heterocycles. The Morgan fingerprint density at radius 1 is 1.33 bits per heavy atom. The number of carbonyl (C=O) groups is 2. The molecule has 0 rings (SSSR count). The standard InChI is InChI=1S/C10H16F3NO4/c1-2-18-9(17)5-8(16)6-14(3-4-15)7-10(11,12)13/h15H,2-7H2,1H3. The second-order valence-electron chi connectivity index (χ2n) is 3.57. The largest absolute Gasteiger partial charge is 0.466 e. The minimum absolute atomic E-state index is 0.106. The van der Waals surface area contributed by atoms with E-state index in [9.17, 15) is 22.8 Å². The summed E-state index contributed by atoms with van der Waals surface area (Å²) in [5, 5.41) is 8.60. The number of halogens is 3. The lowest BCUT2D eigenvalue weighted by atomic mass is 10.2. The van der Waals surface area contributed by atoms with Crippen molar-refractivity contribution in [3.05, 3.63) is 0 Å². The molecule has 0 bridgehead atoms. The van der Waals surface area contributed by atoms with E-state index in [0.29, 0.717) is 0 Å². The molecule has 0 atom stereocenters. The van der Waals surface area contributed by atoms with Crippen LogP contribution >= 0.6 is 0 Å². The van der Waals surface area contributed by atoms with Gasteiger partial charge in [0.25, 0.3) is 0 Å². The monoisotopic (exact) mass is 271 g/mol. The first-order valence-corrected chi connectivity index (χ1v) is 5.35. The first kappa shape index (κ1) is 16.9. The molecule has 0 aliphatic heterocycles. The SMILES string of the molecule is CCOC(=O)CC(=O)CN(CCO)CC(F)(F)F. The van der Waals surface area contributed by atoms with Crippen molar-refractivity contribution in [2.45, 2.75) is 19.5 Å². The zero-order chi connectivity index (χ0) is 14.2. The van der Waals surface area contributed by atoms with Crippen molar-refractivity contribution in [3.63, 3.8) is 0 Å². The number of carbonyl (C=O) groups excluding carboxylic acids is 2. The third-order valence-electron chi connectivity index (χ3n) is 1.87. The van der Waals surface area contributed by atoms with Crippen LogP contribution in [-0.4, -0.2) is 60.8 Å². The Bertz CT molecular complexity index is 281. The van der Waals surface area contributed by atoms with Crippen molar-refractivity contribution < 1.29 is 32.6 Å². The van der Waals surface area contributed by atoms with Crippen molar-refractivity contribution in [3.8, 4) is 0 Å². The van der Waals surface area contributed by atoms with Gasteiger partial charge in [-0.3, -0.25) is 14.5 Å². The van der Waals surface area contributed by atoms with Gasteiger partial charge in [-0.25, -0.2) is 0 Å². The normalized spacial score (nSPS) is 11.7. The van der Waals surface area contributed by atoms with Crippen LogP contribution < -0.4 is 0 Å². The van der Waals surface area contributed by atoms with Gasteiger partial charge in [-0.2, -0.15) is 13.2 Å². The van der Waals surface area contributed by atoms with Crippen LogP contribution in [0.15, 0.2) is 0 Å². The molecular formula is C10H16F3NO4. The van der Waals surface area contributed by atoms with Crippen molar-refractivity contribution in [1.29, 1.82) is 0 Å². The summed E-state index contributed by atoms with van der Waals surface area (Å²) in [7, 11) is 0. The number of rotatable bonds is 8. The van der Waals surface area contributed by atoms with E-state index in [1.54, 1.807) is 6.92 Å². The van der Waals surface area contributed by atoms with Crippen molar-refractivity contribution >= 4 is 11.8 Å². The van der Waals surface area contributed by atoms with Gasteiger partial charge in [-0.15, -0.1) is 0 Å². The number of Topliss-reactive ketones (excluding diaryl/α,β-unsaturated/α-hetero) is 1. The number of hydrogen-bond acceptors (Lipinski definition) is 5. The minimum Gasteiger partial charge on any atom is -0.466 e. The maximum atomic E-state index is 12.1. The molecule has 0 aliphatic carbocycles. The highest BCUT2D eigenvalue weighted by Gasteiger charge is 2.31. The third-order valence-corrected chi connectivity index (χ3v) is 1.87. The van der Waals surface area contributed by atoms with Gasteiger partial charge in [-0.1, -0.05) is 0 Å². The highest BCUT2D eigenvalue weighted by atomic mass is 19.4. The second-order valence-corrected chi connectivity index (χ2v) is 3.57. The highest BCUT2D eigenvalue weighted by Crippen LogP contribution is 2.16. The molecule has 0 spiro atoms. The molecule has 0 aliphatic rings. The van der Waals surface area contributed by atoms with Crippen LogP contribution in [0.25, 0.3) is 0 Å². The first-order valence-electron chi connectivity index (χ1n) is 5.35. The van der Waals surface area contributed by atoms with Crippen molar-refractivity contribution in [2.24, 2.45) is 0 Å². The molecule has 0 radical (unpaired) electrons. The van der Waals surface area contributed by atoms with Crippen molar-refractivity contribution in [2.75, 3.05) is 32.8 Å². The fourth-order valence-electron chi connectivity index (χ4n) is 1.29. The lowest BCUT2D eigenvalue weighted by Gasteiger charge is -2.21. The first-order chi connectivity index (χ1) is 8.28. The van der Waals surface area contributed by atoms with Crippen LogP contribution in [-0.2, 0) is 14.3 Å². The number of ketones is 1. The smallest absolute Gasteiger partial charge is 0.401 e. The van der Waals surface area contributed by atoms with Crippen LogP contribution in [0, 0.1) is 0 Å². The number of alkyl halides is 3. The van der Waals surface area contributed by atoms with Crippen LogP contribution in [0.4, 0.5) is 13.2 Å². The molecule has 0 aromatic carbocycles. The van der Waals surface area contributed by atoms with E-state index in [0.717, 1.165) is 4.90 Å². The molecule has 8 heteroatoms. The molecule has 0 saturated carbocycles. The predicted octanol–water partition coefficient (Wildman–Crippen LogP) is 0.365. The van der Waals surface area contributed by atoms with Gasteiger partial charge in [0.2, 0.25) is 0 Å². The fraction of sp³-hybridized carbons (Fsp3) is 0.800. The van der Waals surface area contributed by atoms with Gasteiger partial charge in [0.05, 0.1) is 26.3 Å². The number of esters is 1. The van der Waals surface area contributed by atoms with E-state index in [1.807, 2.05) is 0 Å². The molecule has 0 fully saturated rings. The Balaban J connectivity index is 4.23. The van der Waals surface area contributed by atoms with Crippen LogP contribution in [0.2, 0.25) is 0 Å². The van der Waals surface area contributed by atoms with Gasteiger partial charge >= 0.3 is 12.1 Å². The molecule has 0 amide bonds. The zero-order valence-electron chi connectivity index (χ0n) is 10.00. The molecule has 0 unspecified atom stereocenters. The van der Waals surface area contributed by atoms with Gasteiger partial charge in [0.1, 0.15) is 6.42 Å². The molecule has 0 aromatic rings. The number of ether oxygens (including phenoxy) is 1. The summed E-state index contributed by atoms with van der Waals surface area (Å²) in [6.07, 6.45) is -5.02. The molecular weight excluding hydrogens is 255 g/mol. The van der Waals surface area contributed by atoms with Crippen LogP contribution in [0.5, 0.6) is 0 Å². The number of nitrogens with zero attached hydrogens (tertiary/aromatic N) is 1. The Hall–Kier alpha value is -1.15. The average molecular weight is 271 g/mol. The van der Waals surface area contributed by atoms with E-state index in [2.05, 4.69) is 4.74 Å². The summed E-state index contributed by atoms with van der Waals surface area (Å²) in [5.41, 5.74) is 0. The minimum atomic E-state index is -4.46. The fourth-order valence-corrected chi connectivity index (χ4v) is 1.29. The highest BCUT2D eigenvalue weighted by molar-refractivity contribution is 5.96. The number of aliphatic hydroxyl groups excluding tert-OH is 1. The predicted molar refractivity (Wildman–Crippen MR) is 55.8 cm³/mol. The van der Waals surface area contributed by atoms with Gasteiger partial charge < -0.3 is 9.84 Å². The van der Waals surface area contributed by atoms with E-state index < -0.39 is 44.0 Å². The van der Waals surface area contributed by atoms with Crippen molar-refractivity contribution in [1.82, 2.24) is 4.90 Å². The summed E-state index contributed by atoms with van der Waals surface area (Å²) in [4.78, 5) is 23.0. The average Bonchev–Trinajstić information content (AvgIpc) is 2.14. The van der Waals surface area contributed by atoms with Gasteiger partial charge in [-0.05, 0) is 6.92 Å². The lowest BCUT2D eigenvalue weighted by molar-refractivity contribution is -0.151. The summed E-state index contributed by atoms with van der Waals surface area (Å²) in [5.74, 6) is -1.44. The number of aliphatic hydroxyl groups is 1. The third kappa shape index (κ3) is 8.94. The lowest BCUT2D eigenvalue weighted by Crippen LogP contribution is -2.40. The Morgan fingerprint density at radius 3 is 2.39 bits per heavy atom. The quantitative estimate of drug-likeness (QED) is 0.510. The van der Waals surface area contributed by atoms with Gasteiger partial charge in [0, 0.05) is 6.54 Å². The van der Waals surface area contributed by atoms with Crippen LogP contribution in [0.1, 0.15) is 13.3 Å². The second kappa shape index (κ2) is 8.04. The topological polar surface area (TPSA) is 66.8 Å². The molecule has 18 heavy (non-hydrogen) atoms. The zero-order valence-corrected chi connectivity index (χ0v) is 10.00. The van der Waals surface area contributed by atoms with E-state index in [-0.39, 0.29) is 13.2 Å². The molecule has 106 valence electrons. The maximum Gasteiger partial charge on any atom is 0.401 e. The Kier molecular flexibility index (Phi) is 7.53. The van der Waals surface area contributed by atoms with Crippen LogP contribution in [0.3, 0.4) is 0 Å². The molecule has 0 saturated heterocycles. The van der Waals surface area contributed by atoms with E-state index in [4.69, 9.17) is 5.11 Å². The number of hydrogen-bond donors (Lipinski definition) is 1. The summed E-state index contributed by atoms with van der Waals surface area (Å²) in [6.45, 7) is -0.961. The Labute approximate surface area is 103 Å². The maximum absolute atomic E-state index is 12.1. The summed E-state index contributed by atoms with van der Waals surface area (Å²) in [6, 6.07) is 0. The van der Waals surface area contributed by atoms with E-state index in [1.165, 1.54) is 0 Å². The molecule has 1 N–H and O–H groups in total. The summed E-state index contributed by atoms with van der Waals surface area (Å²) < 4.78 is 40.9. The van der Waals surface area contributed by atoms with E-state index >= 15 is 0 Å². The summed E-state index contributed by atoms with van der Waals surface area (Å²) >= 11 is 0. The molecule has 0 heterocycles. The van der Waals surface area contributed by atoms with Gasteiger partial charge in [0.15, 0.2) is 5.78 Å².